The first kappa shape index (κ1) is 14.9. The molecule has 0 radical (unpaired) electrons. The molecular weight excluding hydrogens is 252 g/mol. The van der Waals surface area contributed by atoms with Gasteiger partial charge in [0.05, 0.1) is 12.7 Å². The molecule has 0 atom stereocenters. The molecule has 1 aliphatic rings. The van der Waals surface area contributed by atoms with Crippen molar-refractivity contribution in [3.8, 4) is 5.75 Å². The lowest BCUT2D eigenvalue weighted by molar-refractivity contribution is 0.0908. The normalized spacial score (nSPS) is 16.9. The molecule has 1 aliphatic heterocycles. The smallest absolute Gasteiger partial charge is 0.255 e. The van der Waals surface area contributed by atoms with Crippen LogP contribution in [0.15, 0.2) is 24.3 Å². The molecule has 1 aromatic rings. The second-order valence-corrected chi connectivity index (χ2v) is 5.29. The number of carbonyl (C=O) groups is 1. The lowest BCUT2D eigenvalue weighted by Gasteiger charge is -2.32. The van der Waals surface area contributed by atoms with E-state index >= 15 is 0 Å². The molecule has 0 aliphatic carbocycles. The van der Waals surface area contributed by atoms with Gasteiger partial charge in [-0.15, -0.1) is 0 Å². The minimum atomic E-state index is -0.0311. The van der Waals surface area contributed by atoms with Gasteiger partial charge in [0.15, 0.2) is 0 Å². The first-order chi connectivity index (χ1) is 9.74. The SMILES string of the molecule is CCCN1CCC(NC(=O)c2ccccc2OC)CC1. The summed E-state index contributed by atoms with van der Waals surface area (Å²) in [7, 11) is 1.59. The summed E-state index contributed by atoms with van der Waals surface area (Å²) < 4.78 is 5.24. The Bertz CT molecular complexity index is 440. The Hall–Kier alpha value is -1.55. The van der Waals surface area contributed by atoms with Crippen molar-refractivity contribution in [1.29, 1.82) is 0 Å². The van der Waals surface area contributed by atoms with Crippen LogP contribution in [0.4, 0.5) is 0 Å². The van der Waals surface area contributed by atoms with E-state index in [1.807, 2.05) is 18.2 Å². The highest BCUT2D eigenvalue weighted by Gasteiger charge is 2.21. The number of nitrogens with zero attached hydrogens (tertiary/aromatic N) is 1. The Morgan fingerprint density at radius 3 is 2.70 bits per heavy atom. The van der Waals surface area contributed by atoms with Crippen molar-refractivity contribution in [1.82, 2.24) is 10.2 Å². The number of hydrogen-bond acceptors (Lipinski definition) is 3. The molecule has 4 nitrogen and oxygen atoms in total. The van der Waals surface area contributed by atoms with Crippen molar-refractivity contribution in [3.05, 3.63) is 29.8 Å². The molecule has 1 aromatic carbocycles. The number of amides is 1. The number of ether oxygens (including phenoxy) is 1. The molecule has 20 heavy (non-hydrogen) atoms. The van der Waals surface area contributed by atoms with Gasteiger partial charge in [0.2, 0.25) is 0 Å². The fourth-order valence-corrected chi connectivity index (χ4v) is 2.71. The van der Waals surface area contributed by atoms with Gasteiger partial charge in [0, 0.05) is 19.1 Å². The van der Waals surface area contributed by atoms with Crippen LogP contribution in [0.5, 0.6) is 5.75 Å². The highest BCUT2D eigenvalue weighted by atomic mass is 16.5. The summed E-state index contributed by atoms with van der Waals surface area (Å²) in [4.78, 5) is 14.8. The van der Waals surface area contributed by atoms with Crippen LogP contribution in [0.3, 0.4) is 0 Å². The van der Waals surface area contributed by atoms with E-state index in [0.29, 0.717) is 11.3 Å². The topological polar surface area (TPSA) is 41.6 Å². The molecule has 0 spiro atoms. The van der Waals surface area contributed by atoms with Crippen molar-refractivity contribution in [2.75, 3.05) is 26.7 Å². The Labute approximate surface area is 121 Å². The number of hydrogen-bond donors (Lipinski definition) is 1. The maximum Gasteiger partial charge on any atom is 0.255 e. The maximum atomic E-state index is 12.3. The molecule has 1 saturated heterocycles. The molecule has 1 N–H and O–H groups in total. The number of benzene rings is 1. The van der Waals surface area contributed by atoms with Crippen molar-refractivity contribution in [2.24, 2.45) is 0 Å². The van der Waals surface area contributed by atoms with Gasteiger partial charge in [-0.25, -0.2) is 0 Å². The summed E-state index contributed by atoms with van der Waals surface area (Å²) in [6.45, 7) is 5.51. The summed E-state index contributed by atoms with van der Waals surface area (Å²) in [6.07, 6.45) is 3.25. The van der Waals surface area contributed by atoms with Gasteiger partial charge in [0.1, 0.15) is 5.75 Å². The van der Waals surface area contributed by atoms with E-state index in [2.05, 4.69) is 17.1 Å². The van der Waals surface area contributed by atoms with Crippen molar-refractivity contribution in [3.63, 3.8) is 0 Å². The van der Waals surface area contributed by atoms with Crippen LogP contribution in [-0.4, -0.2) is 43.6 Å². The molecule has 1 heterocycles. The second kappa shape index (κ2) is 7.29. The third-order valence-electron chi connectivity index (χ3n) is 3.81. The van der Waals surface area contributed by atoms with Gasteiger partial charge in [-0.3, -0.25) is 4.79 Å². The van der Waals surface area contributed by atoms with Crippen LogP contribution in [0, 0.1) is 0 Å². The van der Waals surface area contributed by atoms with Crippen LogP contribution >= 0.6 is 0 Å². The highest BCUT2D eigenvalue weighted by molar-refractivity contribution is 5.97. The molecule has 0 bridgehead atoms. The van der Waals surface area contributed by atoms with Gasteiger partial charge in [-0.1, -0.05) is 19.1 Å². The average Bonchev–Trinajstić information content (AvgIpc) is 2.49. The summed E-state index contributed by atoms with van der Waals surface area (Å²) in [5.41, 5.74) is 0.617. The Balaban J connectivity index is 1.89. The quantitative estimate of drug-likeness (QED) is 0.897. The fraction of sp³-hybridized carbons (Fsp3) is 0.562. The standard InChI is InChI=1S/C16H24N2O2/c1-3-10-18-11-8-13(9-12-18)17-16(19)14-6-4-5-7-15(14)20-2/h4-7,13H,3,8-12H2,1-2H3,(H,17,19). The van der Waals surface area contributed by atoms with E-state index in [0.717, 1.165) is 32.5 Å². The summed E-state index contributed by atoms with van der Waals surface area (Å²) in [6, 6.07) is 7.64. The lowest BCUT2D eigenvalue weighted by atomic mass is 10.0. The van der Waals surface area contributed by atoms with Crippen LogP contribution in [0.1, 0.15) is 36.5 Å². The molecule has 1 amide bonds. The third-order valence-corrected chi connectivity index (χ3v) is 3.81. The fourth-order valence-electron chi connectivity index (χ4n) is 2.71. The van der Waals surface area contributed by atoms with E-state index in [4.69, 9.17) is 4.74 Å². The molecule has 4 heteroatoms. The number of nitrogens with one attached hydrogen (secondary N) is 1. The first-order valence-electron chi connectivity index (χ1n) is 7.40. The predicted molar refractivity (Wildman–Crippen MR) is 80.2 cm³/mol. The van der Waals surface area contributed by atoms with E-state index in [1.54, 1.807) is 13.2 Å². The van der Waals surface area contributed by atoms with E-state index < -0.39 is 0 Å². The molecule has 0 saturated carbocycles. The van der Waals surface area contributed by atoms with E-state index in [1.165, 1.54) is 6.42 Å². The number of methoxy groups -OCH3 is 1. The van der Waals surface area contributed by atoms with Crippen LogP contribution in [-0.2, 0) is 0 Å². The zero-order chi connectivity index (χ0) is 14.4. The Morgan fingerprint density at radius 1 is 1.35 bits per heavy atom. The summed E-state index contributed by atoms with van der Waals surface area (Å²) in [5, 5.41) is 3.13. The second-order valence-electron chi connectivity index (χ2n) is 5.29. The minimum absolute atomic E-state index is 0.0311. The molecular formula is C16H24N2O2. The highest BCUT2D eigenvalue weighted by Crippen LogP contribution is 2.18. The number of rotatable bonds is 5. The first-order valence-corrected chi connectivity index (χ1v) is 7.40. The molecule has 0 aromatic heterocycles. The minimum Gasteiger partial charge on any atom is -0.496 e. The van der Waals surface area contributed by atoms with Gasteiger partial charge < -0.3 is 15.0 Å². The summed E-state index contributed by atoms with van der Waals surface area (Å²) >= 11 is 0. The summed E-state index contributed by atoms with van der Waals surface area (Å²) in [5.74, 6) is 0.602. The van der Waals surface area contributed by atoms with Crippen LogP contribution in [0.2, 0.25) is 0 Å². The molecule has 1 fully saturated rings. The Kier molecular flexibility index (Phi) is 5.41. The van der Waals surface area contributed by atoms with E-state index in [-0.39, 0.29) is 11.9 Å². The molecule has 110 valence electrons. The number of piperidine rings is 1. The van der Waals surface area contributed by atoms with Gasteiger partial charge >= 0.3 is 0 Å². The van der Waals surface area contributed by atoms with E-state index in [9.17, 15) is 4.79 Å². The number of carbonyl (C=O) groups excluding carboxylic acids is 1. The monoisotopic (exact) mass is 276 g/mol. The van der Waals surface area contributed by atoms with Crippen molar-refractivity contribution in [2.45, 2.75) is 32.2 Å². The zero-order valence-electron chi connectivity index (χ0n) is 12.4. The lowest BCUT2D eigenvalue weighted by Crippen LogP contribution is -2.44. The number of para-hydroxylation sites is 1. The molecule has 2 rings (SSSR count). The third kappa shape index (κ3) is 3.73. The van der Waals surface area contributed by atoms with Crippen molar-refractivity contribution >= 4 is 5.91 Å². The zero-order valence-corrected chi connectivity index (χ0v) is 12.4. The van der Waals surface area contributed by atoms with Crippen molar-refractivity contribution < 1.29 is 9.53 Å². The van der Waals surface area contributed by atoms with Crippen LogP contribution in [0.25, 0.3) is 0 Å². The van der Waals surface area contributed by atoms with Gasteiger partial charge in [0.25, 0.3) is 5.91 Å². The average molecular weight is 276 g/mol. The van der Waals surface area contributed by atoms with Gasteiger partial charge in [-0.05, 0) is 37.9 Å². The maximum absolute atomic E-state index is 12.3. The largest absolute Gasteiger partial charge is 0.496 e. The number of likely N-dealkylation sites (tertiary alicyclic amines) is 1. The van der Waals surface area contributed by atoms with Gasteiger partial charge in [-0.2, -0.15) is 0 Å². The predicted octanol–water partition coefficient (Wildman–Crippen LogP) is 2.30. The Morgan fingerprint density at radius 2 is 2.05 bits per heavy atom. The molecule has 0 unspecified atom stereocenters. The van der Waals surface area contributed by atoms with Crippen LogP contribution < -0.4 is 10.1 Å².